The highest BCUT2D eigenvalue weighted by atomic mass is 32.2. The molecule has 1 saturated heterocycles. The van der Waals surface area contributed by atoms with Crippen molar-refractivity contribution in [1.82, 2.24) is 5.32 Å². The molecule has 0 aliphatic carbocycles. The number of halogens is 3. The second-order valence-corrected chi connectivity index (χ2v) is 6.41. The fourth-order valence-electron chi connectivity index (χ4n) is 1.60. The van der Waals surface area contributed by atoms with Gasteiger partial charge in [0.1, 0.15) is 13.2 Å². The Morgan fingerprint density at radius 1 is 1.39 bits per heavy atom. The molecule has 106 valence electrons. The summed E-state index contributed by atoms with van der Waals surface area (Å²) >= 11 is 0. The first-order valence-electron chi connectivity index (χ1n) is 5.29. The fraction of sp³-hybridized carbons (Fsp3) is 0.889. The summed E-state index contributed by atoms with van der Waals surface area (Å²) in [5, 5.41) is 2.35. The van der Waals surface area contributed by atoms with Crippen molar-refractivity contribution in [2.45, 2.75) is 12.6 Å². The van der Waals surface area contributed by atoms with Crippen LogP contribution < -0.4 is 5.32 Å². The Hall–Kier alpha value is -0.830. The molecule has 1 amide bonds. The molecule has 0 bridgehead atoms. The molecule has 5 nitrogen and oxygen atoms in total. The van der Waals surface area contributed by atoms with Crippen molar-refractivity contribution >= 4 is 15.7 Å². The summed E-state index contributed by atoms with van der Waals surface area (Å²) in [7, 11) is -3.01. The minimum Gasteiger partial charge on any atom is -0.362 e. The zero-order chi connectivity index (χ0) is 13.8. The summed E-state index contributed by atoms with van der Waals surface area (Å²) in [4.78, 5) is 11.1. The van der Waals surface area contributed by atoms with E-state index in [2.05, 4.69) is 10.1 Å². The minimum atomic E-state index is -4.46. The maximum atomic E-state index is 11.7. The molecule has 0 radical (unpaired) electrons. The van der Waals surface area contributed by atoms with E-state index in [9.17, 15) is 26.4 Å². The lowest BCUT2D eigenvalue weighted by molar-refractivity contribution is -0.175. The molecule has 0 aromatic carbocycles. The van der Waals surface area contributed by atoms with Crippen LogP contribution >= 0.6 is 0 Å². The van der Waals surface area contributed by atoms with Crippen molar-refractivity contribution < 1.29 is 31.1 Å². The molecule has 18 heavy (non-hydrogen) atoms. The molecule has 1 fully saturated rings. The molecule has 1 aliphatic rings. The standard InChI is InChI=1S/C9H14F3NO4S/c10-9(11,12)6-17-4-8(14)13-3-7-1-2-18(15,16)5-7/h7H,1-6H2,(H,13,14)/t7-/m1/s1. The van der Waals surface area contributed by atoms with E-state index in [1.165, 1.54) is 0 Å². The lowest BCUT2D eigenvalue weighted by atomic mass is 10.1. The highest BCUT2D eigenvalue weighted by Crippen LogP contribution is 2.17. The predicted octanol–water partition coefficient (Wildman–Crippen LogP) is 0.116. The number of rotatable bonds is 5. The first kappa shape index (κ1) is 15.2. The van der Waals surface area contributed by atoms with Gasteiger partial charge in [0.2, 0.25) is 5.91 Å². The van der Waals surface area contributed by atoms with Crippen molar-refractivity contribution in [3.8, 4) is 0 Å². The van der Waals surface area contributed by atoms with Crippen LogP contribution in [0.1, 0.15) is 6.42 Å². The number of hydrogen-bond donors (Lipinski definition) is 1. The van der Waals surface area contributed by atoms with Crippen LogP contribution in [-0.4, -0.2) is 51.8 Å². The van der Waals surface area contributed by atoms with Crippen LogP contribution in [0.25, 0.3) is 0 Å². The number of amides is 1. The first-order valence-corrected chi connectivity index (χ1v) is 7.12. The average Bonchev–Trinajstić information content (AvgIpc) is 2.53. The maximum Gasteiger partial charge on any atom is 0.411 e. The quantitative estimate of drug-likeness (QED) is 0.780. The zero-order valence-corrected chi connectivity index (χ0v) is 10.3. The summed E-state index contributed by atoms with van der Waals surface area (Å²) < 4.78 is 61.5. The van der Waals surface area contributed by atoms with Crippen LogP contribution in [0, 0.1) is 5.92 Å². The number of carbonyl (C=O) groups excluding carboxylic acids is 1. The maximum absolute atomic E-state index is 11.7. The summed E-state index contributed by atoms with van der Waals surface area (Å²) in [6.45, 7) is -2.01. The number of ether oxygens (including phenoxy) is 1. The van der Waals surface area contributed by atoms with Crippen LogP contribution in [0.5, 0.6) is 0 Å². The van der Waals surface area contributed by atoms with Crippen molar-refractivity contribution in [1.29, 1.82) is 0 Å². The Balaban J connectivity index is 2.15. The van der Waals surface area contributed by atoms with Gasteiger partial charge >= 0.3 is 6.18 Å². The predicted molar refractivity (Wildman–Crippen MR) is 56.6 cm³/mol. The Morgan fingerprint density at radius 3 is 2.56 bits per heavy atom. The molecule has 0 spiro atoms. The van der Waals surface area contributed by atoms with Gasteiger partial charge in [-0.15, -0.1) is 0 Å². The highest BCUT2D eigenvalue weighted by molar-refractivity contribution is 7.91. The molecule has 0 saturated carbocycles. The molecule has 0 aromatic rings. The van der Waals surface area contributed by atoms with Gasteiger partial charge in [0.15, 0.2) is 9.84 Å². The third kappa shape index (κ3) is 6.20. The topological polar surface area (TPSA) is 72.5 Å². The number of nitrogens with one attached hydrogen (secondary N) is 1. The minimum absolute atomic E-state index is 0.0106. The van der Waals surface area contributed by atoms with E-state index in [4.69, 9.17) is 0 Å². The summed E-state index contributed by atoms with van der Waals surface area (Å²) in [5.41, 5.74) is 0. The second-order valence-electron chi connectivity index (χ2n) is 4.18. The zero-order valence-electron chi connectivity index (χ0n) is 9.50. The lowest BCUT2D eigenvalue weighted by Crippen LogP contribution is -2.33. The van der Waals surface area contributed by atoms with E-state index in [0.29, 0.717) is 6.42 Å². The molecule has 0 aromatic heterocycles. The highest BCUT2D eigenvalue weighted by Gasteiger charge is 2.29. The van der Waals surface area contributed by atoms with E-state index in [-0.39, 0.29) is 24.0 Å². The van der Waals surface area contributed by atoms with Crippen molar-refractivity contribution in [3.63, 3.8) is 0 Å². The Labute approximate surface area is 103 Å². The van der Waals surface area contributed by atoms with E-state index in [1.807, 2.05) is 0 Å². The van der Waals surface area contributed by atoms with Crippen molar-refractivity contribution in [2.75, 3.05) is 31.3 Å². The molecular weight excluding hydrogens is 275 g/mol. The van der Waals surface area contributed by atoms with Gasteiger partial charge in [-0.25, -0.2) is 8.42 Å². The SMILES string of the molecule is O=C(COCC(F)(F)F)NC[C@H]1CCS(=O)(=O)C1. The Morgan fingerprint density at radius 2 is 2.06 bits per heavy atom. The summed E-state index contributed by atoms with van der Waals surface area (Å²) in [6, 6.07) is 0. The van der Waals surface area contributed by atoms with Gasteiger partial charge < -0.3 is 10.1 Å². The van der Waals surface area contributed by atoms with Crippen LogP contribution in [0.3, 0.4) is 0 Å². The lowest BCUT2D eigenvalue weighted by Gasteiger charge is -2.10. The fourth-order valence-corrected chi connectivity index (χ4v) is 3.46. The Kier molecular flexibility index (Phi) is 4.97. The van der Waals surface area contributed by atoms with Gasteiger partial charge in [-0.2, -0.15) is 13.2 Å². The van der Waals surface area contributed by atoms with Gasteiger partial charge in [0.25, 0.3) is 0 Å². The number of alkyl halides is 3. The molecule has 1 atom stereocenters. The molecule has 1 aliphatic heterocycles. The van der Waals surface area contributed by atoms with Crippen LogP contribution in [0.2, 0.25) is 0 Å². The normalized spacial score (nSPS) is 22.9. The van der Waals surface area contributed by atoms with Crippen LogP contribution in [-0.2, 0) is 19.4 Å². The van der Waals surface area contributed by atoms with Gasteiger partial charge in [-0.05, 0) is 12.3 Å². The summed E-state index contributed by atoms with van der Waals surface area (Å²) in [6.07, 6.45) is -3.99. The van der Waals surface area contributed by atoms with E-state index in [0.717, 1.165) is 0 Å². The molecule has 1 N–H and O–H groups in total. The summed E-state index contributed by atoms with van der Waals surface area (Å²) in [5.74, 6) is -0.737. The molecule has 1 rings (SSSR count). The average molecular weight is 289 g/mol. The van der Waals surface area contributed by atoms with E-state index < -0.39 is 35.1 Å². The monoisotopic (exact) mass is 289 g/mol. The first-order chi connectivity index (χ1) is 8.18. The molecule has 9 heteroatoms. The third-order valence-electron chi connectivity index (χ3n) is 2.41. The van der Waals surface area contributed by atoms with E-state index >= 15 is 0 Å². The number of carbonyl (C=O) groups is 1. The van der Waals surface area contributed by atoms with Gasteiger partial charge in [-0.3, -0.25) is 4.79 Å². The van der Waals surface area contributed by atoms with Crippen molar-refractivity contribution in [2.24, 2.45) is 5.92 Å². The Bertz CT molecular complexity index is 393. The largest absolute Gasteiger partial charge is 0.411 e. The van der Waals surface area contributed by atoms with Gasteiger partial charge in [0.05, 0.1) is 11.5 Å². The van der Waals surface area contributed by atoms with Crippen LogP contribution in [0.15, 0.2) is 0 Å². The second kappa shape index (κ2) is 5.87. The van der Waals surface area contributed by atoms with Crippen molar-refractivity contribution in [3.05, 3.63) is 0 Å². The molecule has 1 heterocycles. The smallest absolute Gasteiger partial charge is 0.362 e. The van der Waals surface area contributed by atoms with Gasteiger partial charge in [-0.1, -0.05) is 0 Å². The molecular formula is C9H14F3NO4S. The third-order valence-corrected chi connectivity index (χ3v) is 4.25. The van der Waals surface area contributed by atoms with Crippen LogP contribution in [0.4, 0.5) is 13.2 Å². The number of sulfone groups is 1. The number of hydrogen-bond acceptors (Lipinski definition) is 4. The van der Waals surface area contributed by atoms with E-state index in [1.54, 1.807) is 0 Å². The molecule has 0 unspecified atom stereocenters. The van der Waals surface area contributed by atoms with Gasteiger partial charge in [0, 0.05) is 6.54 Å².